The molecule has 2 heterocycles. The van der Waals surface area contributed by atoms with Gasteiger partial charge in [-0.05, 0) is 75.4 Å². The summed E-state index contributed by atoms with van der Waals surface area (Å²) in [6.07, 6.45) is 9.98. The van der Waals surface area contributed by atoms with Crippen LogP contribution < -0.4 is 10.9 Å². The third-order valence-electron chi connectivity index (χ3n) is 5.77. The molecule has 2 N–H and O–H groups in total. The number of nitrogens with one attached hydrogen (secondary N) is 2. The van der Waals surface area contributed by atoms with Crippen molar-refractivity contribution in [3.05, 3.63) is 50.5 Å². The maximum absolute atomic E-state index is 12.9. The van der Waals surface area contributed by atoms with E-state index in [2.05, 4.69) is 16.4 Å². The molecule has 0 spiro atoms. The Morgan fingerprint density at radius 2 is 2.21 bits per heavy atom. The van der Waals surface area contributed by atoms with Crippen molar-refractivity contribution in [2.45, 2.75) is 57.6 Å². The average Bonchev–Trinajstić information content (AvgIpc) is 3.25. The Bertz CT molecular complexity index is 1050. The number of carbonyl (C=O) groups excluding carboxylic acids is 1. The van der Waals surface area contributed by atoms with Crippen molar-refractivity contribution in [1.82, 2.24) is 14.9 Å². The minimum absolute atomic E-state index is 0.0320. The zero-order valence-electron chi connectivity index (χ0n) is 16.5. The zero-order chi connectivity index (χ0) is 20.2. The van der Waals surface area contributed by atoms with Crippen molar-refractivity contribution in [1.29, 1.82) is 0 Å². The molecule has 1 saturated heterocycles. The van der Waals surface area contributed by atoms with Crippen LogP contribution in [-0.4, -0.2) is 34.7 Å². The predicted molar refractivity (Wildman–Crippen MR) is 116 cm³/mol. The van der Waals surface area contributed by atoms with Gasteiger partial charge in [0.05, 0.1) is 23.6 Å². The Morgan fingerprint density at radius 3 is 2.97 bits per heavy atom. The van der Waals surface area contributed by atoms with E-state index in [1.165, 1.54) is 18.4 Å². The van der Waals surface area contributed by atoms with Gasteiger partial charge in [0.1, 0.15) is 0 Å². The summed E-state index contributed by atoms with van der Waals surface area (Å²) >= 11 is 5.40. The van der Waals surface area contributed by atoms with Crippen LogP contribution in [0.25, 0.3) is 10.9 Å². The second kappa shape index (κ2) is 9.05. The summed E-state index contributed by atoms with van der Waals surface area (Å²) in [7, 11) is 0. The molecule has 1 aromatic heterocycles. The van der Waals surface area contributed by atoms with Gasteiger partial charge in [0.15, 0.2) is 4.77 Å². The summed E-state index contributed by atoms with van der Waals surface area (Å²) < 4.78 is 7.56. The first-order valence-corrected chi connectivity index (χ1v) is 10.9. The third-order valence-corrected chi connectivity index (χ3v) is 6.09. The molecule has 7 heteroatoms. The van der Waals surface area contributed by atoms with Crippen LogP contribution in [0.5, 0.6) is 0 Å². The standard InChI is InChI=1S/C22H27N3O3S/c26-20(23-11-10-15-5-2-1-3-6-15)16-8-9-18-19(13-16)24-22(29)25(21(18)27)14-17-7-4-12-28-17/h5,8-9,13,17H,1-4,6-7,10-12,14H2,(H,23,26)(H,24,29). The van der Waals surface area contributed by atoms with Crippen LogP contribution in [0.1, 0.15) is 55.3 Å². The molecule has 0 radical (unpaired) electrons. The van der Waals surface area contributed by atoms with Gasteiger partial charge < -0.3 is 15.0 Å². The third kappa shape index (κ3) is 4.67. The van der Waals surface area contributed by atoms with Crippen molar-refractivity contribution in [2.75, 3.05) is 13.2 Å². The first-order chi connectivity index (χ1) is 14.1. The lowest BCUT2D eigenvalue weighted by Gasteiger charge is -2.14. The average molecular weight is 414 g/mol. The number of hydrogen-bond donors (Lipinski definition) is 2. The molecule has 1 aliphatic carbocycles. The number of H-pyrrole nitrogens is 1. The fraction of sp³-hybridized carbons (Fsp3) is 0.500. The maximum atomic E-state index is 12.9. The van der Waals surface area contributed by atoms with E-state index < -0.39 is 0 Å². The highest BCUT2D eigenvalue weighted by molar-refractivity contribution is 7.71. The fourth-order valence-electron chi connectivity index (χ4n) is 4.12. The molecule has 1 atom stereocenters. The van der Waals surface area contributed by atoms with Crippen molar-refractivity contribution in [3.63, 3.8) is 0 Å². The Labute approximate surface area is 175 Å². The molecule has 1 aliphatic heterocycles. The lowest BCUT2D eigenvalue weighted by Crippen LogP contribution is -2.28. The molecule has 1 amide bonds. The minimum Gasteiger partial charge on any atom is -0.376 e. The molecule has 6 nitrogen and oxygen atoms in total. The van der Waals surface area contributed by atoms with Crippen LogP contribution in [0.15, 0.2) is 34.6 Å². The number of nitrogens with zero attached hydrogens (tertiary/aromatic N) is 1. The lowest BCUT2D eigenvalue weighted by molar-refractivity contribution is 0.0953. The molecule has 4 rings (SSSR count). The molecule has 0 saturated carbocycles. The topological polar surface area (TPSA) is 76.1 Å². The van der Waals surface area contributed by atoms with E-state index in [0.717, 1.165) is 38.7 Å². The molecule has 0 bridgehead atoms. The van der Waals surface area contributed by atoms with Gasteiger partial charge in [-0.15, -0.1) is 0 Å². The maximum Gasteiger partial charge on any atom is 0.262 e. The van der Waals surface area contributed by atoms with Crippen LogP contribution in [0.3, 0.4) is 0 Å². The van der Waals surface area contributed by atoms with Gasteiger partial charge in [0.2, 0.25) is 0 Å². The number of ether oxygens (including phenoxy) is 1. The number of amides is 1. The van der Waals surface area contributed by atoms with Crippen LogP contribution in [0, 0.1) is 4.77 Å². The highest BCUT2D eigenvalue weighted by atomic mass is 32.1. The summed E-state index contributed by atoms with van der Waals surface area (Å²) in [4.78, 5) is 28.5. The van der Waals surface area contributed by atoms with Gasteiger partial charge in [-0.25, -0.2) is 0 Å². The Kier molecular flexibility index (Phi) is 6.25. The number of aromatic amines is 1. The van der Waals surface area contributed by atoms with Crippen molar-refractivity contribution < 1.29 is 9.53 Å². The largest absolute Gasteiger partial charge is 0.376 e. The minimum atomic E-state index is -0.143. The molecule has 154 valence electrons. The summed E-state index contributed by atoms with van der Waals surface area (Å²) in [5, 5.41) is 3.51. The van der Waals surface area contributed by atoms with E-state index in [9.17, 15) is 9.59 Å². The van der Waals surface area contributed by atoms with Crippen LogP contribution >= 0.6 is 12.2 Å². The van der Waals surface area contributed by atoms with E-state index in [0.29, 0.717) is 34.3 Å². The molecule has 1 aromatic carbocycles. The summed E-state index contributed by atoms with van der Waals surface area (Å²) in [5.41, 5.74) is 2.41. The van der Waals surface area contributed by atoms with Crippen molar-refractivity contribution >= 4 is 29.0 Å². The van der Waals surface area contributed by atoms with E-state index in [1.54, 1.807) is 22.8 Å². The van der Waals surface area contributed by atoms with Crippen LogP contribution in [0.2, 0.25) is 0 Å². The van der Waals surface area contributed by atoms with Gasteiger partial charge in [0, 0.05) is 18.7 Å². The number of hydrogen-bond acceptors (Lipinski definition) is 4. The molecule has 1 fully saturated rings. The number of benzene rings is 1. The normalized spacial score (nSPS) is 19.3. The van der Waals surface area contributed by atoms with Gasteiger partial charge in [-0.3, -0.25) is 14.2 Å². The lowest BCUT2D eigenvalue weighted by atomic mass is 9.97. The van der Waals surface area contributed by atoms with Gasteiger partial charge in [-0.2, -0.15) is 0 Å². The van der Waals surface area contributed by atoms with E-state index in [1.807, 2.05) is 0 Å². The van der Waals surface area contributed by atoms with Crippen molar-refractivity contribution in [3.8, 4) is 0 Å². The fourth-order valence-corrected chi connectivity index (χ4v) is 4.39. The number of fused-ring (bicyclic) bond motifs is 1. The highest BCUT2D eigenvalue weighted by Crippen LogP contribution is 2.19. The van der Waals surface area contributed by atoms with Crippen LogP contribution in [-0.2, 0) is 11.3 Å². The summed E-state index contributed by atoms with van der Waals surface area (Å²) in [6, 6.07) is 5.11. The SMILES string of the molecule is O=C(NCCC1=CCCCC1)c1ccc2c(=O)n(CC3CCCO3)c(=S)[nH]c2c1. The van der Waals surface area contributed by atoms with Crippen molar-refractivity contribution in [2.24, 2.45) is 0 Å². The smallest absolute Gasteiger partial charge is 0.262 e. The van der Waals surface area contributed by atoms with E-state index in [-0.39, 0.29) is 17.6 Å². The molecular weight excluding hydrogens is 386 g/mol. The predicted octanol–water partition coefficient (Wildman–Crippen LogP) is 3.86. The zero-order valence-corrected chi connectivity index (χ0v) is 17.4. The van der Waals surface area contributed by atoms with E-state index in [4.69, 9.17) is 17.0 Å². The van der Waals surface area contributed by atoms with Gasteiger partial charge in [-0.1, -0.05) is 11.6 Å². The van der Waals surface area contributed by atoms with E-state index >= 15 is 0 Å². The molecule has 1 unspecified atom stereocenters. The molecular formula is C22H27N3O3S. The molecule has 2 aliphatic rings. The van der Waals surface area contributed by atoms with Gasteiger partial charge >= 0.3 is 0 Å². The Morgan fingerprint density at radius 1 is 1.31 bits per heavy atom. The Balaban J connectivity index is 1.48. The second-order valence-electron chi connectivity index (χ2n) is 7.86. The number of carbonyl (C=O) groups is 1. The van der Waals surface area contributed by atoms with Gasteiger partial charge in [0.25, 0.3) is 11.5 Å². The monoisotopic (exact) mass is 413 g/mol. The molecule has 2 aromatic rings. The number of allylic oxidation sites excluding steroid dienone is 1. The second-order valence-corrected chi connectivity index (χ2v) is 8.24. The van der Waals surface area contributed by atoms with Crippen LogP contribution in [0.4, 0.5) is 0 Å². The summed E-state index contributed by atoms with van der Waals surface area (Å²) in [5.74, 6) is -0.133. The Hall–Kier alpha value is -2.25. The first kappa shape index (κ1) is 20.0. The molecule has 29 heavy (non-hydrogen) atoms. The number of aromatic nitrogens is 2. The highest BCUT2D eigenvalue weighted by Gasteiger charge is 2.18. The summed E-state index contributed by atoms with van der Waals surface area (Å²) in [6.45, 7) is 1.82. The quantitative estimate of drug-likeness (QED) is 0.557. The first-order valence-electron chi connectivity index (χ1n) is 10.5. The number of rotatable bonds is 6.